The van der Waals surface area contributed by atoms with E-state index >= 15 is 0 Å². The van der Waals surface area contributed by atoms with E-state index in [1.807, 2.05) is 0 Å². The van der Waals surface area contributed by atoms with Crippen molar-refractivity contribution in [3.8, 4) is 40.0 Å². The van der Waals surface area contributed by atoms with Crippen LogP contribution in [-0.4, -0.2) is 54.7 Å². The molecule has 204 valence electrons. The van der Waals surface area contributed by atoms with Gasteiger partial charge < -0.3 is 24.0 Å². The second-order valence-electron chi connectivity index (χ2n) is 9.92. The van der Waals surface area contributed by atoms with Crippen molar-refractivity contribution in [1.29, 1.82) is 0 Å². The van der Waals surface area contributed by atoms with E-state index in [4.69, 9.17) is 13.8 Å². The van der Waals surface area contributed by atoms with E-state index in [0.717, 1.165) is 4.90 Å². The van der Waals surface area contributed by atoms with Crippen LogP contribution in [0.4, 0.5) is 18.0 Å². The highest BCUT2D eigenvalue weighted by atomic mass is 19.4. The molecule has 0 radical (unpaired) electrons. The van der Waals surface area contributed by atoms with Crippen molar-refractivity contribution in [1.82, 2.24) is 20.2 Å². The number of nitrogens with zero attached hydrogens (tertiary/aromatic N) is 4. The fraction of sp³-hybridized carbons (Fsp3) is 0.308. The van der Waals surface area contributed by atoms with Gasteiger partial charge in [-0.1, -0.05) is 52.8 Å². The Hall–Kier alpha value is -4.39. The van der Waals surface area contributed by atoms with Crippen LogP contribution >= 0.6 is 0 Å². The Morgan fingerprint density at radius 1 is 1.03 bits per heavy atom. The summed E-state index contributed by atoms with van der Waals surface area (Å²) in [6, 6.07) is 11.4. The summed E-state index contributed by atoms with van der Waals surface area (Å²) in [5.74, 6) is -1.04. The van der Waals surface area contributed by atoms with Crippen LogP contribution < -0.4 is 4.74 Å². The van der Waals surface area contributed by atoms with Gasteiger partial charge in [0.05, 0.1) is 6.04 Å². The molecule has 1 aliphatic heterocycles. The zero-order valence-electron chi connectivity index (χ0n) is 20.9. The minimum Gasteiger partial charge on any atom is -0.491 e. The Kier molecular flexibility index (Phi) is 6.33. The number of carbonyl (C=O) groups is 1. The first-order chi connectivity index (χ1) is 18.4. The number of rotatable bonds is 4. The monoisotopic (exact) mass is 544 g/mol. The number of aromatic nitrogens is 3. The summed E-state index contributed by atoms with van der Waals surface area (Å²) in [6.45, 7) is 5.01. The molecule has 0 saturated heterocycles. The Morgan fingerprint density at radius 2 is 1.74 bits per heavy atom. The molecule has 2 aromatic heterocycles. The first-order valence-corrected chi connectivity index (χ1v) is 11.8. The molecule has 1 amide bonds. The predicted octanol–water partition coefficient (Wildman–Crippen LogP) is 5.65. The number of hydrogen-bond donors (Lipinski definition) is 2. The maximum Gasteiger partial charge on any atom is 0.422 e. The lowest BCUT2D eigenvalue weighted by atomic mass is 9.93. The standard InChI is InChI=1S/C26H23F3N4O6/c1-25(2,3)33(24(35)36)16-12-37-17-11-14(9-10-15(17)20(16)34)22-30-23(39-32-22)21-18(26(27,28)29)19(31-38-21)13-7-5-4-6-8-13/h4-11,16,20,34H,12H2,1-3H3,(H,35,36). The summed E-state index contributed by atoms with van der Waals surface area (Å²) in [4.78, 5) is 17.1. The molecule has 3 heterocycles. The van der Waals surface area contributed by atoms with Gasteiger partial charge in [0.25, 0.3) is 5.89 Å². The lowest BCUT2D eigenvalue weighted by molar-refractivity contribution is -0.137. The molecule has 2 atom stereocenters. The van der Waals surface area contributed by atoms with Gasteiger partial charge in [-0.25, -0.2) is 4.79 Å². The molecule has 0 saturated carbocycles. The maximum atomic E-state index is 14.0. The molecule has 1 aliphatic rings. The molecule has 2 unspecified atom stereocenters. The van der Waals surface area contributed by atoms with Gasteiger partial charge in [0.1, 0.15) is 29.7 Å². The van der Waals surface area contributed by atoms with Gasteiger partial charge >= 0.3 is 12.3 Å². The van der Waals surface area contributed by atoms with Crippen LogP contribution in [0, 0.1) is 0 Å². The van der Waals surface area contributed by atoms with Crippen molar-refractivity contribution in [3.63, 3.8) is 0 Å². The van der Waals surface area contributed by atoms with Crippen LogP contribution in [0.5, 0.6) is 5.75 Å². The summed E-state index contributed by atoms with van der Waals surface area (Å²) in [7, 11) is 0. The highest BCUT2D eigenvalue weighted by molar-refractivity contribution is 5.71. The third kappa shape index (κ3) is 4.80. The third-order valence-electron chi connectivity index (χ3n) is 6.27. The van der Waals surface area contributed by atoms with Gasteiger partial charge in [0.15, 0.2) is 0 Å². The molecule has 4 aromatic rings. The Bertz CT molecular complexity index is 1510. The number of benzene rings is 2. The lowest BCUT2D eigenvalue weighted by Crippen LogP contribution is -2.56. The minimum absolute atomic E-state index is 0.0550. The van der Waals surface area contributed by atoms with E-state index in [0.29, 0.717) is 11.1 Å². The van der Waals surface area contributed by atoms with Crippen LogP contribution in [0.25, 0.3) is 34.3 Å². The number of ether oxygens (including phenoxy) is 1. The number of alkyl halides is 3. The van der Waals surface area contributed by atoms with Gasteiger partial charge in [-0.2, -0.15) is 18.2 Å². The molecule has 39 heavy (non-hydrogen) atoms. The van der Waals surface area contributed by atoms with Gasteiger partial charge in [-0.3, -0.25) is 4.90 Å². The Morgan fingerprint density at radius 3 is 2.38 bits per heavy atom. The smallest absolute Gasteiger partial charge is 0.422 e. The van der Waals surface area contributed by atoms with Gasteiger partial charge in [0, 0.05) is 22.2 Å². The average molecular weight is 544 g/mol. The van der Waals surface area contributed by atoms with Crippen molar-refractivity contribution in [2.24, 2.45) is 0 Å². The fourth-order valence-electron chi connectivity index (χ4n) is 4.58. The molecule has 0 aliphatic carbocycles. The summed E-state index contributed by atoms with van der Waals surface area (Å²) >= 11 is 0. The Balaban J connectivity index is 1.47. The first-order valence-electron chi connectivity index (χ1n) is 11.8. The summed E-state index contributed by atoms with van der Waals surface area (Å²) in [5, 5.41) is 28.1. The number of hydrogen-bond acceptors (Lipinski definition) is 8. The highest BCUT2D eigenvalue weighted by Gasteiger charge is 2.43. The van der Waals surface area contributed by atoms with E-state index in [-0.39, 0.29) is 23.7 Å². The van der Waals surface area contributed by atoms with Crippen molar-refractivity contribution < 1.29 is 42.0 Å². The second kappa shape index (κ2) is 9.42. The zero-order chi connectivity index (χ0) is 28.1. The van der Waals surface area contributed by atoms with Crippen LogP contribution in [0.1, 0.15) is 38.0 Å². The van der Waals surface area contributed by atoms with Crippen LogP contribution in [0.2, 0.25) is 0 Å². The largest absolute Gasteiger partial charge is 0.491 e. The van der Waals surface area contributed by atoms with E-state index in [9.17, 15) is 28.2 Å². The van der Waals surface area contributed by atoms with E-state index in [1.54, 1.807) is 39.0 Å². The molecular weight excluding hydrogens is 521 g/mol. The molecule has 5 rings (SSSR count). The zero-order valence-corrected chi connectivity index (χ0v) is 20.9. The van der Waals surface area contributed by atoms with Gasteiger partial charge in [-0.15, -0.1) is 0 Å². The minimum atomic E-state index is -4.82. The quantitative estimate of drug-likeness (QED) is 0.334. The third-order valence-corrected chi connectivity index (χ3v) is 6.27. The van der Waals surface area contributed by atoms with E-state index in [1.165, 1.54) is 30.3 Å². The molecule has 0 fully saturated rings. The SMILES string of the molecule is CC(C)(C)N(C(=O)O)C1COc2cc(-c3noc(-c4onc(-c5ccccc5)c4C(F)(F)F)n3)ccc2C1O. The average Bonchev–Trinajstić information content (AvgIpc) is 3.52. The molecule has 2 aromatic carbocycles. The molecular formula is C26H23F3N4O6. The van der Waals surface area contributed by atoms with Crippen LogP contribution in [0.3, 0.4) is 0 Å². The maximum absolute atomic E-state index is 14.0. The highest BCUT2D eigenvalue weighted by Crippen LogP contribution is 2.43. The number of carboxylic acid groups (broad SMARTS) is 1. The molecule has 0 bridgehead atoms. The number of aliphatic hydroxyl groups is 1. The van der Waals surface area contributed by atoms with Crippen molar-refractivity contribution >= 4 is 6.09 Å². The number of aliphatic hydroxyl groups excluding tert-OH is 1. The van der Waals surface area contributed by atoms with Crippen molar-refractivity contribution in [2.45, 2.75) is 44.6 Å². The van der Waals surface area contributed by atoms with Gasteiger partial charge in [-0.05, 0) is 26.8 Å². The molecule has 0 spiro atoms. The van der Waals surface area contributed by atoms with Crippen LogP contribution in [-0.2, 0) is 6.18 Å². The lowest BCUT2D eigenvalue weighted by Gasteiger charge is -2.43. The Labute approximate surface area is 219 Å². The second-order valence-corrected chi connectivity index (χ2v) is 9.92. The summed E-state index contributed by atoms with van der Waals surface area (Å²) in [5.41, 5.74) is -1.47. The molecule has 10 nitrogen and oxygen atoms in total. The normalized spacial score (nSPS) is 17.4. The predicted molar refractivity (Wildman–Crippen MR) is 130 cm³/mol. The topological polar surface area (TPSA) is 135 Å². The molecule has 2 N–H and O–H groups in total. The van der Waals surface area contributed by atoms with E-state index in [2.05, 4.69) is 15.3 Å². The van der Waals surface area contributed by atoms with Crippen LogP contribution in [0.15, 0.2) is 57.6 Å². The van der Waals surface area contributed by atoms with Crippen molar-refractivity contribution in [2.75, 3.05) is 6.61 Å². The molecule has 13 heteroatoms. The number of amides is 1. The van der Waals surface area contributed by atoms with E-state index < -0.39 is 52.9 Å². The summed E-state index contributed by atoms with van der Waals surface area (Å²) in [6.07, 6.45) is -7.20. The number of halogens is 3. The number of fused-ring (bicyclic) bond motifs is 1. The fourth-order valence-corrected chi connectivity index (χ4v) is 4.58. The van der Waals surface area contributed by atoms with Crippen molar-refractivity contribution in [3.05, 3.63) is 59.7 Å². The first kappa shape index (κ1) is 26.2. The summed E-state index contributed by atoms with van der Waals surface area (Å²) < 4.78 is 57.9. The van der Waals surface area contributed by atoms with Gasteiger partial charge in [0.2, 0.25) is 11.6 Å².